The fourth-order valence-corrected chi connectivity index (χ4v) is 3.10. The summed E-state index contributed by atoms with van der Waals surface area (Å²) >= 11 is 0. The van der Waals surface area contributed by atoms with Crippen LogP contribution in [0.25, 0.3) is 0 Å². The maximum Gasteiger partial charge on any atom is 0.0239 e. The van der Waals surface area contributed by atoms with Gasteiger partial charge in [0.25, 0.3) is 0 Å². The van der Waals surface area contributed by atoms with Crippen LogP contribution in [0.2, 0.25) is 0 Å². The van der Waals surface area contributed by atoms with Crippen LogP contribution < -0.4 is 5.32 Å². The molecule has 1 unspecified atom stereocenters. The van der Waals surface area contributed by atoms with Crippen molar-refractivity contribution in [3.63, 3.8) is 0 Å². The molecule has 1 heterocycles. The second-order valence-electron chi connectivity index (χ2n) is 5.94. The molecule has 106 valence electrons. The largest absolute Gasteiger partial charge is 0.320 e. The lowest BCUT2D eigenvalue weighted by Crippen LogP contribution is -2.40. The minimum atomic E-state index is 0.765. The number of aryl methyl sites for hydroxylation is 2. The lowest BCUT2D eigenvalue weighted by Gasteiger charge is -2.36. The Bertz CT molecular complexity index is 400. The monoisotopic (exact) mass is 260 g/mol. The Morgan fingerprint density at radius 3 is 2.89 bits per heavy atom. The van der Waals surface area contributed by atoms with Gasteiger partial charge in [-0.05, 0) is 64.4 Å². The van der Waals surface area contributed by atoms with Gasteiger partial charge in [-0.2, -0.15) is 0 Å². The number of hydrogen-bond acceptors (Lipinski definition) is 2. The zero-order valence-corrected chi connectivity index (χ0v) is 12.7. The molecule has 1 atom stereocenters. The van der Waals surface area contributed by atoms with Crippen molar-refractivity contribution in [2.75, 3.05) is 20.1 Å². The Morgan fingerprint density at radius 1 is 1.26 bits per heavy atom. The molecule has 1 aliphatic rings. The number of benzene rings is 1. The highest BCUT2D eigenvalue weighted by Crippen LogP contribution is 2.23. The molecule has 0 amide bonds. The average molecular weight is 260 g/mol. The summed E-state index contributed by atoms with van der Waals surface area (Å²) in [5.41, 5.74) is 4.32. The normalized spacial score (nSPS) is 20.7. The number of piperidine rings is 1. The van der Waals surface area contributed by atoms with E-state index in [0.717, 1.165) is 19.1 Å². The van der Waals surface area contributed by atoms with E-state index in [1.165, 1.54) is 48.9 Å². The molecule has 0 spiro atoms. The first-order valence-corrected chi connectivity index (χ1v) is 7.65. The highest BCUT2D eigenvalue weighted by atomic mass is 15.2. The second-order valence-corrected chi connectivity index (χ2v) is 5.94. The molecule has 0 bridgehead atoms. The third-order valence-electron chi connectivity index (χ3n) is 4.35. The summed E-state index contributed by atoms with van der Waals surface area (Å²) in [5, 5.41) is 3.29. The predicted octanol–water partition coefficient (Wildman–Crippen LogP) is 3.27. The summed E-state index contributed by atoms with van der Waals surface area (Å²) in [5.74, 6) is 0. The molecule has 1 fully saturated rings. The number of nitrogens with one attached hydrogen (secondary N) is 1. The molecule has 19 heavy (non-hydrogen) atoms. The van der Waals surface area contributed by atoms with Crippen LogP contribution in [-0.2, 0) is 6.54 Å². The van der Waals surface area contributed by atoms with Gasteiger partial charge in [0.05, 0.1) is 0 Å². The molecule has 0 saturated carbocycles. The molecule has 1 saturated heterocycles. The highest BCUT2D eigenvalue weighted by molar-refractivity contribution is 5.30. The van der Waals surface area contributed by atoms with E-state index < -0.39 is 0 Å². The van der Waals surface area contributed by atoms with E-state index >= 15 is 0 Å². The van der Waals surface area contributed by atoms with Crippen molar-refractivity contribution in [3.8, 4) is 0 Å². The standard InChI is InChI=1S/C17H28N2/c1-14-7-8-15(2)16(12-14)13-19-11-5-4-6-17(19)9-10-18-3/h7-8,12,17-18H,4-6,9-11,13H2,1-3H3. The van der Waals surface area contributed by atoms with Crippen LogP contribution in [-0.4, -0.2) is 31.1 Å². The van der Waals surface area contributed by atoms with Gasteiger partial charge in [0.15, 0.2) is 0 Å². The van der Waals surface area contributed by atoms with Gasteiger partial charge in [-0.3, -0.25) is 4.90 Å². The van der Waals surface area contributed by atoms with Crippen molar-refractivity contribution in [2.45, 2.75) is 52.1 Å². The lowest BCUT2D eigenvalue weighted by atomic mass is 9.97. The first-order chi connectivity index (χ1) is 9.20. The summed E-state index contributed by atoms with van der Waals surface area (Å²) in [6, 6.07) is 7.60. The molecule has 0 radical (unpaired) electrons. The van der Waals surface area contributed by atoms with E-state index in [-0.39, 0.29) is 0 Å². The van der Waals surface area contributed by atoms with E-state index in [9.17, 15) is 0 Å². The third kappa shape index (κ3) is 4.05. The fourth-order valence-electron chi connectivity index (χ4n) is 3.10. The molecular formula is C17H28N2. The van der Waals surface area contributed by atoms with Crippen molar-refractivity contribution in [3.05, 3.63) is 34.9 Å². The van der Waals surface area contributed by atoms with E-state index in [1.807, 2.05) is 0 Å². The van der Waals surface area contributed by atoms with Gasteiger partial charge >= 0.3 is 0 Å². The summed E-state index contributed by atoms with van der Waals surface area (Å²) < 4.78 is 0. The van der Waals surface area contributed by atoms with E-state index in [0.29, 0.717) is 0 Å². The van der Waals surface area contributed by atoms with Crippen molar-refractivity contribution < 1.29 is 0 Å². The van der Waals surface area contributed by atoms with E-state index in [1.54, 1.807) is 0 Å². The smallest absolute Gasteiger partial charge is 0.0239 e. The van der Waals surface area contributed by atoms with Crippen LogP contribution in [0.3, 0.4) is 0 Å². The van der Waals surface area contributed by atoms with Crippen molar-refractivity contribution in [2.24, 2.45) is 0 Å². The summed E-state index contributed by atoms with van der Waals surface area (Å²) in [6.45, 7) is 7.95. The van der Waals surface area contributed by atoms with Crippen molar-refractivity contribution in [1.82, 2.24) is 10.2 Å². The SMILES string of the molecule is CNCCC1CCCCN1Cc1cc(C)ccc1C. The Kier molecular flexibility index (Phi) is 5.41. The number of nitrogens with zero attached hydrogens (tertiary/aromatic N) is 1. The number of hydrogen-bond donors (Lipinski definition) is 1. The lowest BCUT2D eigenvalue weighted by molar-refractivity contribution is 0.132. The van der Waals surface area contributed by atoms with Gasteiger partial charge in [-0.25, -0.2) is 0 Å². The first kappa shape index (κ1) is 14.5. The molecule has 1 aromatic rings. The number of likely N-dealkylation sites (tertiary alicyclic amines) is 1. The average Bonchev–Trinajstić information content (AvgIpc) is 2.42. The predicted molar refractivity (Wildman–Crippen MR) is 82.5 cm³/mol. The van der Waals surface area contributed by atoms with Gasteiger partial charge in [0.2, 0.25) is 0 Å². The summed E-state index contributed by atoms with van der Waals surface area (Å²) in [6.07, 6.45) is 5.41. The molecule has 2 heteroatoms. The van der Waals surface area contributed by atoms with Crippen LogP contribution in [0.4, 0.5) is 0 Å². The van der Waals surface area contributed by atoms with Crippen LogP contribution in [0.1, 0.15) is 42.4 Å². The third-order valence-corrected chi connectivity index (χ3v) is 4.35. The molecule has 2 rings (SSSR count). The molecule has 1 aliphatic heterocycles. The quantitative estimate of drug-likeness (QED) is 0.874. The minimum Gasteiger partial charge on any atom is -0.320 e. The summed E-state index contributed by atoms with van der Waals surface area (Å²) in [7, 11) is 2.05. The molecule has 1 N–H and O–H groups in total. The Labute approximate surface area is 118 Å². The van der Waals surface area contributed by atoms with Crippen LogP contribution >= 0.6 is 0 Å². The minimum absolute atomic E-state index is 0.765. The van der Waals surface area contributed by atoms with E-state index in [4.69, 9.17) is 0 Å². The Balaban J connectivity index is 2.04. The van der Waals surface area contributed by atoms with Crippen LogP contribution in [0.15, 0.2) is 18.2 Å². The number of rotatable bonds is 5. The Morgan fingerprint density at radius 2 is 2.11 bits per heavy atom. The van der Waals surface area contributed by atoms with Gasteiger partial charge < -0.3 is 5.32 Å². The molecule has 1 aromatic carbocycles. The van der Waals surface area contributed by atoms with Gasteiger partial charge in [0, 0.05) is 12.6 Å². The van der Waals surface area contributed by atoms with Gasteiger partial charge in [-0.15, -0.1) is 0 Å². The summed E-state index contributed by atoms with van der Waals surface area (Å²) in [4.78, 5) is 2.70. The molecule has 0 aliphatic carbocycles. The second kappa shape index (κ2) is 7.06. The highest BCUT2D eigenvalue weighted by Gasteiger charge is 2.22. The first-order valence-electron chi connectivity index (χ1n) is 7.65. The van der Waals surface area contributed by atoms with Crippen molar-refractivity contribution in [1.29, 1.82) is 0 Å². The Hall–Kier alpha value is -0.860. The topological polar surface area (TPSA) is 15.3 Å². The maximum absolute atomic E-state index is 3.29. The maximum atomic E-state index is 3.29. The van der Waals surface area contributed by atoms with Gasteiger partial charge in [-0.1, -0.05) is 30.2 Å². The molecule has 2 nitrogen and oxygen atoms in total. The van der Waals surface area contributed by atoms with Crippen molar-refractivity contribution >= 4 is 0 Å². The van der Waals surface area contributed by atoms with Crippen LogP contribution in [0.5, 0.6) is 0 Å². The van der Waals surface area contributed by atoms with Gasteiger partial charge in [0.1, 0.15) is 0 Å². The molecule has 0 aromatic heterocycles. The zero-order chi connectivity index (χ0) is 13.7. The van der Waals surface area contributed by atoms with Crippen LogP contribution in [0, 0.1) is 13.8 Å². The zero-order valence-electron chi connectivity index (χ0n) is 12.7. The fraction of sp³-hybridized carbons (Fsp3) is 0.647. The van der Waals surface area contributed by atoms with E-state index in [2.05, 4.69) is 49.3 Å². The molecular weight excluding hydrogens is 232 g/mol.